The summed E-state index contributed by atoms with van der Waals surface area (Å²) in [5.41, 5.74) is 2.98. The Kier molecular flexibility index (Phi) is 6.84. The van der Waals surface area contributed by atoms with Crippen LogP contribution in [0.25, 0.3) is 11.0 Å². The molecule has 6 heteroatoms. The van der Waals surface area contributed by atoms with Gasteiger partial charge in [-0.05, 0) is 61.4 Å². The van der Waals surface area contributed by atoms with E-state index in [0.29, 0.717) is 33.8 Å². The Bertz CT molecular complexity index is 1460. The van der Waals surface area contributed by atoms with Gasteiger partial charge < -0.3 is 9.15 Å². The Balaban J connectivity index is 1.57. The second-order valence-electron chi connectivity index (χ2n) is 9.21. The summed E-state index contributed by atoms with van der Waals surface area (Å²) in [6.07, 6.45) is 4.55. The van der Waals surface area contributed by atoms with Crippen molar-refractivity contribution in [3.8, 4) is 5.75 Å². The number of hydrogen-bond acceptors (Lipinski definition) is 4. The van der Waals surface area contributed by atoms with Crippen LogP contribution in [0.5, 0.6) is 5.75 Å². The molecule has 1 unspecified atom stereocenters. The molecular weight excluding hydrogens is 474 g/mol. The second kappa shape index (κ2) is 10.2. The van der Waals surface area contributed by atoms with Gasteiger partial charge in [-0.1, -0.05) is 67.6 Å². The number of amides is 1. The highest BCUT2D eigenvalue weighted by Gasteiger charge is 2.43. The number of carbonyl (C=O) groups is 1. The maximum atomic E-state index is 13.7. The quantitative estimate of drug-likeness (QED) is 0.235. The van der Waals surface area contributed by atoms with Gasteiger partial charge in [0, 0.05) is 10.7 Å². The molecule has 0 saturated carbocycles. The molecule has 1 aliphatic rings. The van der Waals surface area contributed by atoms with Crippen molar-refractivity contribution in [2.75, 3.05) is 11.5 Å². The molecule has 1 aromatic heterocycles. The molecule has 4 aromatic rings. The number of aryl methyl sites for hydroxylation is 1. The number of halogens is 1. The van der Waals surface area contributed by atoms with Crippen LogP contribution in [-0.2, 0) is 0 Å². The van der Waals surface area contributed by atoms with Gasteiger partial charge in [-0.25, -0.2) is 0 Å². The van der Waals surface area contributed by atoms with Crippen LogP contribution < -0.4 is 15.1 Å². The normalized spacial score (nSPS) is 14.9. The summed E-state index contributed by atoms with van der Waals surface area (Å²) in [6, 6.07) is 19.5. The topological polar surface area (TPSA) is 59.8 Å². The van der Waals surface area contributed by atoms with Crippen LogP contribution in [0, 0.1) is 6.92 Å². The van der Waals surface area contributed by atoms with Gasteiger partial charge in [-0.15, -0.1) is 0 Å². The summed E-state index contributed by atoms with van der Waals surface area (Å²) in [6.45, 7) is 4.84. The molecule has 1 atom stereocenters. The molecule has 0 saturated heterocycles. The largest absolute Gasteiger partial charge is 0.494 e. The number of unbranched alkanes of at least 4 members (excludes halogenated alkanes) is 3. The fraction of sp³-hybridized carbons (Fsp3) is 0.267. The van der Waals surface area contributed by atoms with E-state index in [1.807, 2.05) is 55.5 Å². The van der Waals surface area contributed by atoms with Crippen LogP contribution in [0.15, 0.2) is 75.9 Å². The minimum absolute atomic E-state index is 0.0663. The van der Waals surface area contributed by atoms with Crippen molar-refractivity contribution in [1.82, 2.24) is 0 Å². The first-order valence-electron chi connectivity index (χ1n) is 12.4. The maximum absolute atomic E-state index is 13.7. The monoisotopic (exact) mass is 501 g/mol. The van der Waals surface area contributed by atoms with E-state index in [-0.39, 0.29) is 17.1 Å². The van der Waals surface area contributed by atoms with Crippen molar-refractivity contribution in [3.05, 3.63) is 104 Å². The molecule has 0 radical (unpaired) electrons. The van der Waals surface area contributed by atoms with Crippen LogP contribution in [0.4, 0.5) is 5.69 Å². The average Bonchev–Trinajstić information content (AvgIpc) is 3.18. The lowest BCUT2D eigenvalue weighted by atomic mass is 9.98. The van der Waals surface area contributed by atoms with E-state index >= 15 is 0 Å². The molecule has 2 heterocycles. The van der Waals surface area contributed by atoms with Crippen molar-refractivity contribution in [2.24, 2.45) is 0 Å². The number of carbonyl (C=O) groups excluding carboxylic acids is 1. The smallest absolute Gasteiger partial charge is 0.295 e. The molecule has 3 aromatic carbocycles. The first kappa shape index (κ1) is 24.1. The fourth-order valence-corrected chi connectivity index (χ4v) is 4.87. The standard InChI is InChI=1S/C30H28ClNO4/c1-3-4-5-6-17-35-23-14-9-20(10-15-23)27-26-28(33)24-18-21(31)11-16-25(24)36-29(26)30(34)32(27)22-12-7-19(2)8-13-22/h7-16,18,27H,3-6,17H2,1-2H3. The summed E-state index contributed by atoms with van der Waals surface area (Å²) in [5, 5.41) is 0.795. The summed E-state index contributed by atoms with van der Waals surface area (Å²) < 4.78 is 11.9. The zero-order chi connectivity index (χ0) is 25.2. The van der Waals surface area contributed by atoms with Crippen LogP contribution in [0.3, 0.4) is 0 Å². The third-order valence-electron chi connectivity index (χ3n) is 6.61. The number of hydrogen-bond donors (Lipinski definition) is 0. The Hall–Kier alpha value is -3.57. The molecule has 1 aliphatic heterocycles. The van der Waals surface area contributed by atoms with E-state index in [1.165, 1.54) is 12.8 Å². The Labute approximate surface area is 215 Å². The minimum Gasteiger partial charge on any atom is -0.494 e. The van der Waals surface area contributed by atoms with E-state index in [9.17, 15) is 9.59 Å². The molecule has 184 valence electrons. The first-order chi connectivity index (χ1) is 17.5. The molecule has 0 fully saturated rings. The number of rotatable bonds is 8. The highest BCUT2D eigenvalue weighted by Crippen LogP contribution is 2.41. The van der Waals surface area contributed by atoms with Crippen molar-refractivity contribution in [3.63, 3.8) is 0 Å². The van der Waals surface area contributed by atoms with Gasteiger partial charge in [-0.2, -0.15) is 0 Å². The summed E-state index contributed by atoms with van der Waals surface area (Å²) in [7, 11) is 0. The van der Waals surface area contributed by atoms with E-state index in [0.717, 1.165) is 29.7 Å². The zero-order valence-corrected chi connectivity index (χ0v) is 21.2. The molecule has 0 N–H and O–H groups in total. The van der Waals surface area contributed by atoms with Crippen molar-refractivity contribution < 1.29 is 13.9 Å². The number of benzene rings is 3. The predicted molar refractivity (Wildman–Crippen MR) is 143 cm³/mol. The molecule has 1 amide bonds. The second-order valence-corrected chi connectivity index (χ2v) is 9.64. The number of ether oxygens (including phenoxy) is 1. The number of anilines is 1. The van der Waals surface area contributed by atoms with Gasteiger partial charge in [0.2, 0.25) is 5.76 Å². The van der Waals surface area contributed by atoms with Crippen molar-refractivity contribution in [2.45, 2.75) is 45.6 Å². The number of nitrogens with zero attached hydrogens (tertiary/aromatic N) is 1. The van der Waals surface area contributed by atoms with Gasteiger partial charge in [-0.3, -0.25) is 14.5 Å². The Morgan fingerprint density at radius 3 is 2.42 bits per heavy atom. The third kappa shape index (κ3) is 4.51. The van der Waals surface area contributed by atoms with Crippen molar-refractivity contribution in [1.29, 1.82) is 0 Å². The van der Waals surface area contributed by atoms with E-state index in [4.69, 9.17) is 20.8 Å². The van der Waals surface area contributed by atoms with Gasteiger partial charge in [0.05, 0.1) is 23.6 Å². The SMILES string of the molecule is CCCCCCOc1ccc(C2c3c(oc4ccc(Cl)cc4c3=O)C(=O)N2c2ccc(C)cc2)cc1. The van der Waals surface area contributed by atoms with Crippen molar-refractivity contribution >= 4 is 34.2 Å². The number of fused-ring (bicyclic) bond motifs is 2. The van der Waals surface area contributed by atoms with Gasteiger partial charge >= 0.3 is 0 Å². The summed E-state index contributed by atoms with van der Waals surface area (Å²) >= 11 is 6.18. The van der Waals surface area contributed by atoms with Crippen LogP contribution in [0.2, 0.25) is 5.02 Å². The lowest BCUT2D eigenvalue weighted by molar-refractivity contribution is 0.0971. The molecule has 0 aliphatic carbocycles. The van der Waals surface area contributed by atoms with E-state index < -0.39 is 6.04 Å². The highest BCUT2D eigenvalue weighted by molar-refractivity contribution is 6.31. The third-order valence-corrected chi connectivity index (χ3v) is 6.84. The van der Waals surface area contributed by atoms with E-state index in [1.54, 1.807) is 23.1 Å². The highest BCUT2D eigenvalue weighted by atomic mass is 35.5. The molecule has 0 spiro atoms. The van der Waals surface area contributed by atoms with Gasteiger partial charge in [0.15, 0.2) is 5.43 Å². The lowest BCUT2D eigenvalue weighted by Gasteiger charge is -2.25. The fourth-order valence-electron chi connectivity index (χ4n) is 4.70. The molecule has 0 bridgehead atoms. The molecule has 36 heavy (non-hydrogen) atoms. The maximum Gasteiger partial charge on any atom is 0.295 e. The molecular formula is C30H28ClNO4. The van der Waals surface area contributed by atoms with E-state index in [2.05, 4.69) is 6.92 Å². The zero-order valence-electron chi connectivity index (χ0n) is 20.4. The minimum atomic E-state index is -0.631. The molecule has 5 nitrogen and oxygen atoms in total. The summed E-state index contributed by atoms with van der Waals surface area (Å²) in [4.78, 5) is 29.0. The van der Waals surface area contributed by atoms with Crippen LogP contribution in [-0.4, -0.2) is 12.5 Å². The first-order valence-corrected chi connectivity index (χ1v) is 12.7. The van der Waals surface area contributed by atoms with Crippen LogP contribution in [0.1, 0.15) is 65.9 Å². The van der Waals surface area contributed by atoms with Gasteiger partial charge in [0.25, 0.3) is 5.91 Å². The van der Waals surface area contributed by atoms with Crippen LogP contribution >= 0.6 is 11.6 Å². The Morgan fingerprint density at radius 2 is 1.69 bits per heavy atom. The molecule has 5 rings (SSSR count). The summed E-state index contributed by atoms with van der Waals surface area (Å²) in [5.74, 6) is 0.486. The average molecular weight is 502 g/mol. The Morgan fingerprint density at radius 1 is 0.944 bits per heavy atom. The lowest BCUT2D eigenvalue weighted by Crippen LogP contribution is -2.29. The predicted octanol–water partition coefficient (Wildman–Crippen LogP) is 7.46. The van der Waals surface area contributed by atoms with Gasteiger partial charge in [0.1, 0.15) is 11.3 Å².